The van der Waals surface area contributed by atoms with E-state index in [4.69, 9.17) is 10.5 Å². The molecule has 0 radical (unpaired) electrons. The first-order valence-electron chi connectivity index (χ1n) is 11.9. The minimum atomic E-state index is -0.884. The summed E-state index contributed by atoms with van der Waals surface area (Å²) in [5, 5.41) is 29.3. The van der Waals surface area contributed by atoms with E-state index in [0.29, 0.717) is 22.7 Å². The maximum Gasteiger partial charge on any atom is 0.279 e. The fourth-order valence-electron chi connectivity index (χ4n) is 4.66. The van der Waals surface area contributed by atoms with Gasteiger partial charge in [0.15, 0.2) is 0 Å². The molecule has 3 aromatic carbocycles. The van der Waals surface area contributed by atoms with Crippen LogP contribution in [0.15, 0.2) is 94.2 Å². The van der Waals surface area contributed by atoms with E-state index in [9.17, 15) is 25.0 Å². The fourth-order valence-corrected chi connectivity index (χ4v) is 4.66. The molecule has 13 heteroatoms. The zero-order valence-electron chi connectivity index (χ0n) is 20.5. The van der Waals surface area contributed by atoms with E-state index in [2.05, 4.69) is 16.4 Å². The molecule has 0 bridgehead atoms. The number of hydrogen-bond acceptors (Lipinski definition) is 9. The first-order chi connectivity index (χ1) is 19.4. The Kier molecular flexibility index (Phi) is 5.70. The molecule has 0 amide bonds. The summed E-state index contributed by atoms with van der Waals surface area (Å²) in [5.41, 5.74) is 7.02. The molecule has 0 saturated carbocycles. The maximum atomic E-state index is 13.4. The number of allylic oxidation sites excluding steroid dienone is 1. The van der Waals surface area contributed by atoms with Crippen molar-refractivity contribution in [3.8, 4) is 17.5 Å². The number of nitro groups is 1. The van der Waals surface area contributed by atoms with Gasteiger partial charge in [-0.1, -0.05) is 29.5 Å². The Bertz CT molecular complexity index is 2000. The summed E-state index contributed by atoms with van der Waals surface area (Å²) in [6, 6.07) is 20.3. The quantitative estimate of drug-likeness (QED) is 0.253. The molecule has 13 nitrogen and oxygen atoms in total. The third-order valence-electron chi connectivity index (χ3n) is 6.59. The Morgan fingerprint density at radius 2 is 1.68 bits per heavy atom. The van der Waals surface area contributed by atoms with Crippen molar-refractivity contribution >= 4 is 22.3 Å². The van der Waals surface area contributed by atoms with E-state index in [0.717, 1.165) is 4.68 Å². The van der Waals surface area contributed by atoms with Crippen LogP contribution in [0.1, 0.15) is 17.3 Å². The second kappa shape index (κ2) is 9.37. The number of rotatable bonds is 6. The summed E-state index contributed by atoms with van der Waals surface area (Å²) in [7, 11) is 0. The molecular formula is C27H18N8O5. The smallest absolute Gasteiger partial charge is 0.279 e. The zero-order valence-corrected chi connectivity index (χ0v) is 20.5. The van der Waals surface area contributed by atoms with Gasteiger partial charge in [0.2, 0.25) is 0 Å². The summed E-state index contributed by atoms with van der Waals surface area (Å²) in [5.74, 6) is 0.405. The number of nitriles is 1. The lowest BCUT2D eigenvalue weighted by atomic mass is 10.0. The van der Waals surface area contributed by atoms with Crippen LogP contribution < -0.4 is 21.6 Å². The number of fused-ring (bicyclic) bond motifs is 2. The Labute approximate surface area is 224 Å². The van der Waals surface area contributed by atoms with Crippen LogP contribution in [0.3, 0.4) is 0 Å². The second-order valence-corrected chi connectivity index (χ2v) is 8.91. The second-order valence-electron chi connectivity index (χ2n) is 8.91. The fraction of sp³-hybridized carbons (Fsp3) is 0.0741. The predicted octanol–water partition coefficient (Wildman–Crippen LogP) is 2.48. The molecule has 2 N–H and O–H groups in total. The van der Waals surface area contributed by atoms with Gasteiger partial charge in [-0.15, -0.1) is 5.10 Å². The normalized spacial score (nSPS) is 14.2. The summed E-state index contributed by atoms with van der Waals surface area (Å²) >= 11 is 0. The third-order valence-corrected chi connectivity index (χ3v) is 6.59. The summed E-state index contributed by atoms with van der Waals surface area (Å²) in [6.45, 7) is 0.0930. The van der Waals surface area contributed by atoms with Crippen LogP contribution in [0, 0.1) is 21.4 Å². The molecular weight excluding hydrogens is 516 g/mol. The molecule has 1 aliphatic rings. The standard InChI is InChI=1S/C27H18N8O5/c28-13-23-24(33-26(36)21-3-1-2-4-22(21)27(37)34(33)25(23)29)16-5-11-20(12-6-16)40-15-17-14-32(31-30-17)18-7-9-19(10-8-18)35(38)39/h1-12,14,24H,15,29H2. The molecule has 3 heterocycles. The zero-order chi connectivity index (χ0) is 28.0. The molecule has 0 aliphatic carbocycles. The Hall–Kier alpha value is -6.03. The molecule has 1 atom stereocenters. The lowest BCUT2D eigenvalue weighted by Crippen LogP contribution is -2.38. The van der Waals surface area contributed by atoms with Crippen LogP contribution in [0.25, 0.3) is 22.3 Å². The van der Waals surface area contributed by atoms with Crippen LogP contribution >= 0.6 is 0 Å². The van der Waals surface area contributed by atoms with E-state index >= 15 is 0 Å². The van der Waals surface area contributed by atoms with Gasteiger partial charge in [0, 0.05) is 12.1 Å². The van der Waals surface area contributed by atoms with Crippen LogP contribution in [0.5, 0.6) is 5.75 Å². The van der Waals surface area contributed by atoms with Gasteiger partial charge in [-0.25, -0.2) is 9.36 Å². The van der Waals surface area contributed by atoms with Crippen molar-refractivity contribution in [3.05, 3.63) is 127 Å². The molecule has 0 saturated heterocycles. The lowest BCUT2D eigenvalue weighted by molar-refractivity contribution is -0.384. The number of ether oxygens (including phenoxy) is 1. The van der Waals surface area contributed by atoms with Crippen molar-refractivity contribution < 1.29 is 9.66 Å². The highest BCUT2D eigenvalue weighted by Gasteiger charge is 2.34. The Balaban J connectivity index is 1.24. The van der Waals surface area contributed by atoms with Gasteiger partial charge < -0.3 is 10.5 Å². The summed E-state index contributed by atoms with van der Waals surface area (Å²) in [4.78, 5) is 36.9. The minimum absolute atomic E-state index is 0.0256. The maximum absolute atomic E-state index is 13.4. The summed E-state index contributed by atoms with van der Waals surface area (Å²) < 4.78 is 9.58. The highest BCUT2D eigenvalue weighted by molar-refractivity contribution is 5.81. The van der Waals surface area contributed by atoms with Crippen molar-refractivity contribution in [2.75, 3.05) is 0 Å². The molecule has 196 valence electrons. The van der Waals surface area contributed by atoms with Gasteiger partial charge in [0.05, 0.1) is 27.6 Å². The minimum Gasteiger partial charge on any atom is -0.487 e. The van der Waals surface area contributed by atoms with Gasteiger partial charge in [0.1, 0.15) is 41.6 Å². The number of benzene rings is 3. The number of hydrogen-bond donors (Lipinski definition) is 1. The predicted molar refractivity (Wildman–Crippen MR) is 142 cm³/mol. The SMILES string of the molecule is N#CC1=C(N)n2c(=O)c3ccccc3c(=O)n2C1c1ccc(OCc2cn(-c3ccc([N+](=O)[O-])cc3)nn2)cc1. The van der Waals surface area contributed by atoms with Gasteiger partial charge in [-0.3, -0.25) is 19.7 Å². The van der Waals surface area contributed by atoms with E-state index in [1.165, 1.54) is 21.5 Å². The summed E-state index contributed by atoms with van der Waals surface area (Å²) in [6.07, 6.45) is 1.65. The molecule has 5 aromatic rings. The van der Waals surface area contributed by atoms with E-state index in [1.807, 2.05) is 0 Å². The number of non-ortho nitro benzene ring substituents is 1. The Morgan fingerprint density at radius 3 is 2.33 bits per heavy atom. The van der Waals surface area contributed by atoms with Crippen molar-refractivity contribution in [2.45, 2.75) is 12.6 Å². The average Bonchev–Trinajstić information content (AvgIpc) is 3.57. The third kappa shape index (κ3) is 3.87. The number of nitrogens with zero attached hydrogens (tertiary/aromatic N) is 7. The molecule has 40 heavy (non-hydrogen) atoms. The van der Waals surface area contributed by atoms with E-state index < -0.39 is 22.1 Å². The van der Waals surface area contributed by atoms with Gasteiger partial charge >= 0.3 is 0 Å². The lowest BCUT2D eigenvalue weighted by Gasteiger charge is -2.17. The highest BCUT2D eigenvalue weighted by atomic mass is 16.6. The van der Waals surface area contributed by atoms with Crippen LogP contribution in [0.4, 0.5) is 5.69 Å². The highest BCUT2D eigenvalue weighted by Crippen LogP contribution is 2.33. The average molecular weight is 534 g/mol. The van der Waals surface area contributed by atoms with Gasteiger partial charge in [-0.2, -0.15) is 9.94 Å². The van der Waals surface area contributed by atoms with E-state index in [-0.39, 0.29) is 34.5 Å². The van der Waals surface area contributed by atoms with Crippen molar-refractivity contribution in [1.82, 2.24) is 24.4 Å². The molecule has 1 unspecified atom stereocenters. The van der Waals surface area contributed by atoms with Crippen LogP contribution in [0.2, 0.25) is 0 Å². The van der Waals surface area contributed by atoms with E-state index in [1.54, 1.807) is 66.9 Å². The molecule has 1 aliphatic heterocycles. The first-order valence-corrected chi connectivity index (χ1v) is 11.9. The molecule has 6 rings (SSSR count). The largest absolute Gasteiger partial charge is 0.487 e. The number of nitro benzene ring substituents is 1. The van der Waals surface area contributed by atoms with Crippen LogP contribution in [-0.4, -0.2) is 29.3 Å². The molecule has 2 aromatic heterocycles. The van der Waals surface area contributed by atoms with Crippen molar-refractivity contribution in [2.24, 2.45) is 5.73 Å². The first kappa shape index (κ1) is 24.3. The molecule has 0 fully saturated rings. The van der Waals surface area contributed by atoms with Crippen molar-refractivity contribution in [3.63, 3.8) is 0 Å². The Morgan fingerprint density at radius 1 is 1.00 bits per heavy atom. The number of nitrogens with two attached hydrogens (primary N) is 1. The molecule has 0 spiro atoms. The van der Waals surface area contributed by atoms with Crippen LogP contribution in [-0.2, 0) is 6.61 Å². The topological polar surface area (TPSA) is 177 Å². The van der Waals surface area contributed by atoms with Gasteiger partial charge in [0.25, 0.3) is 16.8 Å². The monoisotopic (exact) mass is 534 g/mol. The number of aromatic nitrogens is 5. The van der Waals surface area contributed by atoms with Gasteiger partial charge in [-0.05, 0) is 42.0 Å². The van der Waals surface area contributed by atoms with Crippen molar-refractivity contribution in [1.29, 1.82) is 5.26 Å².